The molecule has 0 bridgehead atoms. The molecule has 0 aromatic heterocycles. The second-order valence-corrected chi connectivity index (χ2v) is 2.31. The van der Waals surface area contributed by atoms with Crippen molar-refractivity contribution in [2.24, 2.45) is 0 Å². The first kappa shape index (κ1) is 6.96. The standard InChI is InChI=1S/C6H11FO2/c7-5-1-2-6(3-8)9-4-5/h5-6,8H,1-4H2. The smallest absolute Gasteiger partial charge is 0.123 e. The van der Waals surface area contributed by atoms with Crippen LogP contribution in [0.2, 0.25) is 0 Å². The highest BCUT2D eigenvalue weighted by Gasteiger charge is 2.19. The Morgan fingerprint density at radius 2 is 2.33 bits per heavy atom. The van der Waals surface area contributed by atoms with Gasteiger partial charge >= 0.3 is 0 Å². The lowest BCUT2D eigenvalue weighted by molar-refractivity contribution is -0.0503. The zero-order chi connectivity index (χ0) is 6.69. The number of alkyl halides is 1. The second kappa shape index (κ2) is 3.13. The van der Waals surface area contributed by atoms with Gasteiger partial charge in [0.05, 0.1) is 19.3 Å². The van der Waals surface area contributed by atoms with Gasteiger partial charge in [0, 0.05) is 0 Å². The van der Waals surface area contributed by atoms with Gasteiger partial charge in [-0.15, -0.1) is 0 Å². The van der Waals surface area contributed by atoms with Crippen LogP contribution < -0.4 is 0 Å². The first-order valence-electron chi connectivity index (χ1n) is 3.19. The monoisotopic (exact) mass is 134 g/mol. The average Bonchev–Trinajstić information content (AvgIpc) is 1.90. The van der Waals surface area contributed by atoms with Crippen molar-refractivity contribution in [1.29, 1.82) is 0 Å². The fourth-order valence-corrected chi connectivity index (χ4v) is 0.918. The Morgan fingerprint density at radius 3 is 2.78 bits per heavy atom. The van der Waals surface area contributed by atoms with Crippen molar-refractivity contribution in [2.75, 3.05) is 13.2 Å². The molecule has 2 nitrogen and oxygen atoms in total. The van der Waals surface area contributed by atoms with Gasteiger partial charge in [-0.25, -0.2) is 4.39 Å². The fraction of sp³-hybridized carbons (Fsp3) is 1.00. The van der Waals surface area contributed by atoms with Crippen LogP contribution in [0, 0.1) is 0 Å². The third-order valence-corrected chi connectivity index (χ3v) is 1.52. The van der Waals surface area contributed by atoms with Gasteiger partial charge in [0.2, 0.25) is 0 Å². The van der Waals surface area contributed by atoms with E-state index < -0.39 is 6.17 Å². The van der Waals surface area contributed by atoms with Crippen molar-refractivity contribution in [1.82, 2.24) is 0 Å². The molecule has 0 aromatic carbocycles. The van der Waals surface area contributed by atoms with Gasteiger partial charge in [0.15, 0.2) is 0 Å². The van der Waals surface area contributed by atoms with E-state index >= 15 is 0 Å². The van der Waals surface area contributed by atoms with E-state index in [1.807, 2.05) is 0 Å². The Bertz CT molecular complexity index is 79.1. The van der Waals surface area contributed by atoms with Crippen LogP contribution >= 0.6 is 0 Å². The van der Waals surface area contributed by atoms with Gasteiger partial charge < -0.3 is 9.84 Å². The maximum atomic E-state index is 12.3. The van der Waals surface area contributed by atoms with Crippen LogP contribution in [0.15, 0.2) is 0 Å². The predicted molar refractivity (Wildman–Crippen MR) is 31.0 cm³/mol. The van der Waals surface area contributed by atoms with Crippen molar-refractivity contribution >= 4 is 0 Å². The van der Waals surface area contributed by atoms with Crippen LogP contribution in [-0.2, 0) is 4.74 Å². The summed E-state index contributed by atoms with van der Waals surface area (Å²) in [5.74, 6) is 0. The first-order chi connectivity index (χ1) is 4.33. The van der Waals surface area contributed by atoms with Gasteiger partial charge in [-0.2, -0.15) is 0 Å². The molecule has 1 heterocycles. The second-order valence-electron chi connectivity index (χ2n) is 2.31. The zero-order valence-corrected chi connectivity index (χ0v) is 5.22. The van der Waals surface area contributed by atoms with Crippen molar-refractivity contribution in [3.05, 3.63) is 0 Å². The molecular formula is C6H11FO2. The maximum Gasteiger partial charge on any atom is 0.123 e. The van der Waals surface area contributed by atoms with Crippen molar-refractivity contribution in [3.8, 4) is 0 Å². The van der Waals surface area contributed by atoms with E-state index in [1.165, 1.54) is 0 Å². The van der Waals surface area contributed by atoms with Crippen molar-refractivity contribution in [2.45, 2.75) is 25.1 Å². The van der Waals surface area contributed by atoms with E-state index in [0.717, 1.165) is 0 Å². The normalized spacial score (nSPS) is 36.7. The minimum Gasteiger partial charge on any atom is -0.394 e. The van der Waals surface area contributed by atoms with E-state index in [0.29, 0.717) is 12.8 Å². The van der Waals surface area contributed by atoms with Gasteiger partial charge in [0.25, 0.3) is 0 Å². The molecule has 1 rings (SSSR count). The average molecular weight is 134 g/mol. The summed E-state index contributed by atoms with van der Waals surface area (Å²) in [6, 6.07) is 0. The summed E-state index contributed by atoms with van der Waals surface area (Å²) in [6.07, 6.45) is 0.257. The number of hydrogen-bond donors (Lipinski definition) is 1. The van der Waals surface area contributed by atoms with Crippen molar-refractivity contribution in [3.63, 3.8) is 0 Å². The Kier molecular flexibility index (Phi) is 2.42. The van der Waals surface area contributed by atoms with Gasteiger partial charge in [-0.1, -0.05) is 0 Å². The maximum absolute atomic E-state index is 12.3. The Labute approximate surface area is 53.6 Å². The Hall–Kier alpha value is -0.150. The molecule has 1 fully saturated rings. The SMILES string of the molecule is OCC1CCC(F)CO1. The third-order valence-electron chi connectivity index (χ3n) is 1.52. The molecule has 0 radical (unpaired) electrons. The lowest BCUT2D eigenvalue weighted by Gasteiger charge is -2.22. The van der Waals surface area contributed by atoms with E-state index in [1.54, 1.807) is 0 Å². The number of aliphatic hydroxyl groups excluding tert-OH is 1. The molecule has 54 valence electrons. The summed E-state index contributed by atoms with van der Waals surface area (Å²) in [5, 5.41) is 8.53. The zero-order valence-electron chi connectivity index (χ0n) is 5.22. The summed E-state index contributed by atoms with van der Waals surface area (Å²) in [5.41, 5.74) is 0. The van der Waals surface area contributed by atoms with Crippen LogP contribution in [-0.4, -0.2) is 30.6 Å². The van der Waals surface area contributed by atoms with Crippen LogP contribution in [0.3, 0.4) is 0 Å². The molecule has 1 N–H and O–H groups in total. The highest BCUT2D eigenvalue weighted by Crippen LogP contribution is 2.14. The van der Waals surface area contributed by atoms with Crippen molar-refractivity contribution < 1.29 is 14.2 Å². The topological polar surface area (TPSA) is 29.5 Å². The molecule has 3 heteroatoms. The van der Waals surface area contributed by atoms with E-state index in [-0.39, 0.29) is 19.3 Å². The van der Waals surface area contributed by atoms with Crippen LogP contribution in [0.1, 0.15) is 12.8 Å². The molecule has 1 saturated heterocycles. The van der Waals surface area contributed by atoms with E-state index in [9.17, 15) is 4.39 Å². The number of ether oxygens (including phenoxy) is 1. The highest BCUT2D eigenvalue weighted by molar-refractivity contribution is 4.67. The number of hydrogen-bond acceptors (Lipinski definition) is 2. The largest absolute Gasteiger partial charge is 0.394 e. The first-order valence-corrected chi connectivity index (χ1v) is 3.19. The summed E-state index contributed by atoms with van der Waals surface area (Å²) < 4.78 is 17.2. The van der Waals surface area contributed by atoms with Crippen LogP contribution in [0.25, 0.3) is 0 Å². The quantitative estimate of drug-likeness (QED) is 0.565. The van der Waals surface area contributed by atoms with Gasteiger partial charge in [0.1, 0.15) is 6.17 Å². The van der Waals surface area contributed by atoms with E-state index in [2.05, 4.69) is 0 Å². The lowest BCUT2D eigenvalue weighted by Crippen LogP contribution is -2.29. The molecular weight excluding hydrogens is 123 g/mol. The van der Waals surface area contributed by atoms with Gasteiger partial charge in [-0.05, 0) is 12.8 Å². The fourth-order valence-electron chi connectivity index (χ4n) is 0.918. The summed E-state index contributed by atoms with van der Waals surface area (Å²) in [7, 11) is 0. The number of rotatable bonds is 1. The van der Waals surface area contributed by atoms with E-state index in [4.69, 9.17) is 9.84 Å². The minimum atomic E-state index is -0.812. The summed E-state index contributed by atoms with van der Waals surface area (Å²) in [6.45, 7) is 0.179. The minimum absolute atomic E-state index is 0.0206. The summed E-state index contributed by atoms with van der Waals surface area (Å²) >= 11 is 0. The molecule has 2 atom stereocenters. The molecule has 0 amide bonds. The molecule has 9 heavy (non-hydrogen) atoms. The molecule has 0 aromatic rings. The van der Waals surface area contributed by atoms with Gasteiger partial charge in [-0.3, -0.25) is 0 Å². The molecule has 1 aliphatic rings. The Balaban J connectivity index is 2.18. The molecule has 0 aliphatic carbocycles. The number of halogens is 1. The lowest BCUT2D eigenvalue weighted by atomic mass is 10.1. The van der Waals surface area contributed by atoms with Crippen LogP contribution in [0.4, 0.5) is 4.39 Å². The molecule has 0 spiro atoms. The van der Waals surface area contributed by atoms with Crippen LogP contribution in [0.5, 0.6) is 0 Å². The predicted octanol–water partition coefficient (Wildman–Crippen LogP) is 0.496. The Morgan fingerprint density at radius 1 is 1.56 bits per heavy atom. The third kappa shape index (κ3) is 1.91. The highest BCUT2D eigenvalue weighted by atomic mass is 19.1. The summed E-state index contributed by atoms with van der Waals surface area (Å²) in [4.78, 5) is 0. The molecule has 2 unspecified atom stereocenters. The molecule has 1 aliphatic heterocycles. The number of aliphatic hydroxyl groups is 1. The molecule has 0 saturated carbocycles.